The Labute approximate surface area is 120 Å². The molecule has 19 heavy (non-hydrogen) atoms. The van der Waals surface area contributed by atoms with Crippen molar-refractivity contribution in [2.24, 2.45) is 0 Å². The van der Waals surface area contributed by atoms with Crippen LogP contribution in [0.5, 0.6) is 0 Å². The van der Waals surface area contributed by atoms with Crippen LogP contribution in [0.3, 0.4) is 0 Å². The number of nitrogens with zero attached hydrogens (tertiary/aromatic N) is 1. The van der Waals surface area contributed by atoms with Crippen molar-refractivity contribution in [2.45, 2.75) is 51.6 Å². The van der Waals surface area contributed by atoms with Crippen LogP contribution in [0.2, 0.25) is 0 Å². The van der Waals surface area contributed by atoms with Gasteiger partial charge in [0.15, 0.2) is 0 Å². The molecule has 0 bridgehead atoms. The van der Waals surface area contributed by atoms with Gasteiger partial charge >= 0.3 is 0 Å². The molecule has 1 saturated heterocycles. The average molecular weight is 277 g/mol. The predicted molar refractivity (Wildman–Crippen MR) is 81.2 cm³/mol. The number of likely N-dealkylation sites (tertiary alicyclic amines) is 1. The Bertz CT molecular complexity index is 441. The Morgan fingerprint density at radius 1 is 1.42 bits per heavy atom. The summed E-state index contributed by atoms with van der Waals surface area (Å²) in [6.07, 6.45) is 6.68. The maximum absolute atomic E-state index is 8.71. The summed E-state index contributed by atoms with van der Waals surface area (Å²) >= 11 is 1.76. The van der Waals surface area contributed by atoms with Gasteiger partial charge in [-0.05, 0) is 37.9 Å². The quantitative estimate of drug-likeness (QED) is 0.854. The second kappa shape index (κ2) is 7.69. The van der Waals surface area contributed by atoms with E-state index in [1.165, 1.54) is 43.5 Å². The molecule has 1 aliphatic heterocycles. The van der Waals surface area contributed by atoms with Gasteiger partial charge in [-0.2, -0.15) is 0 Å². The first-order chi connectivity index (χ1) is 9.33. The van der Waals surface area contributed by atoms with E-state index in [1.54, 1.807) is 11.3 Å². The molecule has 104 valence electrons. The largest absolute Gasteiger partial charge is 0.384 e. The van der Waals surface area contributed by atoms with E-state index in [0.29, 0.717) is 0 Å². The fraction of sp³-hybridized carbons (Fsp3) is 0.625. The molecule has 1 aliphatic rings. The van der Waals surface area contributed by atoms with Gasteiger partial charge in [-0.1, -0.05) is 31.6 Å². The first-order valence-electron chi connectivity index (χ1n) is 7.26. The molecule has 0 amide bonds. The summed E-state index contributed by atoms with van der Waals surface area (Å²) in [6, 6.07) is 5.03. The predicted octanol–water partition coefficient (Wildman–Crippen LogP) is 3.25. The zero-order valence-electron chi connectivity index (χ0n) is 11.7. The van der Waals surface area contributed by atoms with Crippen molar-refractivity contribution >= 4 is 11.3 Å². The Morgan fingerprint density at radius 2 is 2.32 bits per heavy atom. The summed E-state index contributed by atoms with van der Waals surface area (Å²) in [4.78, 5) is 5.10. The molecule has 1 N–H and O–H groups in total. The normalized spacial score (nSPS) is 20.0. The van der Waals surface area contributed by atoms with Gasteiger partial charge in [0.1, 0.15) is 6.61 Å². The summed E-state index contributed by atoms with van der Waals surface area (Å²) in [5, 5.41) is 8.71. The fourth-order valence-corrected chi connectivity index (χ4v) is 3.69. The van der Waals surface area contributed by atoms with E-state index in [0.717, 1.165) is 17.5 Å². The van der Waals surface area contributed by atoms with Crippen LogP contribution >= 0.6 is 11.3 Å². The molecule has 2 nitrogen and oxygen atoms in total. The Balaban J connectivity index is 1.96. The molecule has 0 radical (unpaired) electrons. The van der Waals surface area contributed by atoms with Crippen molar-refractivity contribution in [2.75, 3.05) is 13.2 Å². The fourth-order valence-electron chi connectivity index (χ4n) is 2.79. The van der Waals surface area contributed by atoms with Gasteiger partial charge in [-0.3, -0.25) is 4.90 Å². The zero-order chi connectivity index (χ0) is 13.5. The standard InChI is InChI=1S/C16H23NOS/c1-2-6-14-7-3-4-11-17(14)13-16-10-9-15(19-16)8-5-12-18/h9-10,14,18H,2-4,6-7,11-13H2,1H3. The van der Waals surface area contributed by atoms with E-state index in [1.807, 2.05) is 0 Å². The Hall–Kier alpha value is -0.820. The lowest BCUT2D eigenvalue weighted by Crippen LogP contribution is -2.38. The van der Waals surface area contributed by atoms with Crippen molar-refractivity contribution in [3.05, 3.63) is 21.9 Å². The van der Waals surface area contributed by atoms with E-state index in [2.05, 4.69) is 35.8 Å². The molecule has 0 saturated carbocycles. The summed E-state index contributed by atoms with van der Waals surface area (Å²) in [5.41, 5.74) is 0. The maximum atomic E-state index is 8.71. The van der Waals surface area contributed by atoms with Gasteiger partial charge in [0.25, 0.3) is 0 Å². The van der Waals surface area contributed by atoms with Crippen molar-refractivity contribution in [3.63, 3.8) is 0 Å². The highest BCUT2D eigenvalue weighted by atomic mass is 32.1. The first-order valence-corrected chi connectivity index (χ1v) is 8.07. The summed E-state index contributed by atoms with van der Waals surface area (Å²) < 4.78 is 0. The lowest BCUT2D eigenvalue weighted by atomic mass is 9.98. The van der Waals surface area contributed by atoms with Gasteiger partial charge in [-0.15, -0.1) is 11.3 Å². The average Bonchev–Trinajstić information content (AvgIpc) is 2.87. The molecule has 0 spiro atoms. The summed E-state index contributed by atoms with van der Waals surface area (Å²) in [5.74, 6) is 5.70. The van der Waals surface area contributed by atoms with E-state index in [-0.39, 0.29) is 6.61 Å². The SMILES string of the molecule is CCCC1CCCCN1Cc1ccc(C#CCO)s1. The van der Waals surface area contributed by atoms with E-state index >= 15 is 0 Å². The molecule has 2 rings (SSSR count). The van der Waals surface area contributed by atoms with E-state index in [4.69, 9.17) is 5.11 Å². The van der Waals surface area contributed by atoms with Crippen LogP contribution in [-0.4, -0.2) is 29.2 Å². The zero-order valence-corrected chi connectivity index (χ0v) is 12.5. The van der Waals surface area contributed by atoms with Crippen LogP contribution in [0.1, 0.15) is 48.8 Å². The Kier molecular flexibility index (Phi) is 5.91. The molecule has 1 unspecified atom stereocenters. The summed E-state index contributed by atoms with van der Waals surface area (Å²) in [7, 11) is 0. The molecular weight excluding hydrogens is 254 g/mol. The van der Waals surface area contributed by atoms with Crippen LogP contribution in [0.4, 0.5) is 0 Å². The van der Waals surface area contributed by atoms with Crippen LogP contribution in [-0.2, 0) is 6.54 Å². The van der Waals surface area contributed by atoms with Gasteiger partial charge < -0.3 is 5.11 Å². The first kappa shape index (κ1) is 14.6. The molecule has 1 aromatic heterocycles. The molecule has 0 aromatic carbocycles. The molecule has 3 heteroatoms. The second-order valence-corrected chi connectivity index (χ2v) is 6.30. The number of aliphatic hydroxyl groups excluding tert-OH is 1. The number of hydrogen-bond donors (Lipinski definition) is 1. The third kappa shape index (κ3) is 4.35. The monoisotopic (exact) mass is 277 g/mol. The number of thiophene rings is 1. The van der Waals surface area contributed by atoms with Gasteiger partial charge in [0.2, 0.25) is 0 Å². The lowest BCUT2D eigenvalue weighted by molar-refractivity contribution is 0.133. The van der Waals surface area contributed by atoms with Gasteiger partial charge in [0, 0.05) is 17.5 Å². The third-order valence-corrected chi connectivity index (χ3v) is 4.67. The number of rotatable bonds is 4. The molecule has 0 aliphatic carbocycles. The smallest absolute Gasteiger partial charge is 0.104 e. The maximum Gasteiger partial charge on any atom is 0.104 e. The van der Waals surface area contributed by atoms with Crippen molar-refractivity contribution in [1.29, 1.82) is 0 Å². The highest BCUT2D eigenvalue weighted by Crippen LogP contribution is 2.25. The van der Waals surface area contributed by atoms with Gasteiger partial charge in [0.05, 0.1) is 4.88 Å². The topological polar surface area (TPSA) is 23.5 Å². The summed E-state index contributed by atoms with van der Waals surface area (Å²) in [6.45, 7) is 4.52. The van der Waals surface area contributed by atoms with E-state index in [9.17, 15) is 0 Å². The van der Waals surface area contributed by atoms with Crippen LogP contribution in [0.15, 0.2) is 12.1 Å². The molecule has 1 aromatic rings. The van der Waals surface area contributed by atoms with Crippen molar-refractivity contribution in [3.8, 4) is 11.8 Å². The van der Waals surface area contributed by atoms with Crippen molar-refractivity contribution in [1.82, 2.24) is 4.90 Å². The van der Waals surface area contributed by atoms with Crippen molar-refractivity contribution < 1.29 is 5.11 Å². The highest BCUT2D eigenvalue weighted by Gasteiger charge is 2.21. The van der Waals surface area contributed by atoms with Crippen LogP contribution < -0.4 is 0 Å². The van der Waals surface area contributed by atoms with Crippen LogP contribution in [0, 0.1) is 11.8 Å². The number of aliphatic hydroxyl groups is 1. The van der Waals surface area contributed by atoms with Gasteiger partial charge in [-0.25, -0.2) is 0 Å². The minimum atomic E-state index is -0.0576. The molecular formula is C16H23NOS. The second-order valence-electron chi connectivity index (χ2n) is 5.13. The van der Waals surface area contributed by atoms with E-state index < -0.39 is 0 Å². The lowest BCUT2D eigenvalue weighted by Gasteiger charge is -2.35. The minimum absolute atomic E-state index is 0.0576. The number of hydrogen-bond acceptors (Lipinski definition) is 3. The third-order valence-electron chi connectivity index (χ3n) is 3.68. The molecule has 2 heterocycles. The van der Waals surface area contributed by atoms with Crippen LogP contribution in [0.25, 0.3) is 0 Å². The Morgan fingerprint density at radius 3 is 3.11 bits per heavy atom. The molecule has 1 fully saturated rings. The number of piperidine rings is 1. The minimum Gasteiger partial charge on any atom is -0.384 e. The molecule has 1 atom stereocenters. The highest BCUT2D eigenvalue weighted by molar-refractivity contribution is 7.12.